The summed E-state index contributed by atoms with van der Waals surface area (Å²) in [5, 5.41) is 2.09. The molecule has 2 N–H and O–H groups in total. The second kappa shape index (κ2) is 5.62. The first-order chi connectivity index (χ1) is 8.19. The Morgan fingerprint density at radius 2 is 2.29 bits per heavy atom. The summed E-state index contributed by atoms with van der Waals surface area (Å²) in [6.07, 6.45) is 1.83. The van der Waals surface area contributed by atoms with Crippen LogP contribution in [-0.4, -0.2) is 12.0 Å². The molecule has 90 valence electrons. The lowest BCUT2D eigenvalue weighted by Gasteiger charge is -2.17. The fourth-order valence-corrected chi connectivity index (χ4v) is 3.02. The molecule has 3 nitrogen and oxygen atoms in total. The van der Waals surface area contributed by atoms with Crippen molar-refractivity contribution in [3.05, 3.63) is 44.7 Å². The molecule has 17 heavy (non-hydrogen) atoms. The lowest BCUT2D eigenvalue weighted by Crippen LogP contribution is -2.17. The molecule has 0 aliphatic carbocycles. The van der Waals surface area contributed by atoms with E-state index >= 15 is 0 Å². The van der Waals surface area contributed by atoms with Crippen LogP contribution in [0.2, 0.25) is 0 Å². The number of anilines is 1. The Labute approximate surface area is 113 Å². The highest BCUT2D eigenvalue weighted by Crippen LogP contribution is 2.22. The van der Waals surface area contributed by atoms with Crippen molar-refractivity contribution in [1.82, 2.24) is 4.98 Å². The van der Waals surface area contributed by atoms with Crippen molar-refractivity contribution < 1.29 is 0 Å². The number of thiophene rings is 1. The molecule has 2 heterocycles. The van der Waals surface area contributed by atoms with Gasteiger partial charge in [0.05, 0.1) is 6.54 Å². The molecule has 0 radical (unpaired) electrons. The summed E-state index contributed by atoms with van der Waals surface area (Å²) < 4.78 is 1.14. The van der Waals surface area contributed by atoms with Crippen molar-refractivity contribution in [1.29, 1.82) is 0 Å². The van der Waals surface area contributed by atoms with Crippen LogP contribution in [-0.2, 0) is 13.1 Å². The van der Waals surface area contributed by atoms with Crippen LogP contribution in [0, 0.1) is 0 Å². The topological polar surface area (TPSA) is 42.1 Å². The number of hydrogen-bond acceptors (Lipinski definition) is 4. The van der Waals surface area contributed by atoms with Gasteiger partial charge in [0.25, 0.3) is 0 Å². The Morgan fingerprint density at radius 3 is 2.82 bits per heavy atom. The zero-order valence-corrected chi connectivity index (χ0v) is 12.0. The van der Waals surface area contributed by atoms with Crippen molar-refractivity contribution in [2.45, 2.75) is 13.1 Å². The Hall–Kier alpha value is -0.910. The van der Waals surface area contributed by atoms with Gasteiger partial charge in [-0.1, -0.05) is 6.07 Å². The molecule has 0 atom stereocenters. The third-order valence-electron chi connectivity index (χ3n) is 2.45. The predicted molar refractivity (Wildman–Crippen MR) is 76.3 cm³/mol. The van der Waals surface area contributed by atoms with Gasteiger partial charge in [-0.3, -0.25) is 0 Å². The van der Waals surface area contributed by atoms with Gasteiger partial charge in [0.1, 0.15) is 5.82 Å². The summed E-state index contributed by atoms with van der Waals surface area (Å²) in [4.78, 5) is 7.82. The van der Waals surface area contributed by atoms with Gasteiger partial charge in [0, 0.05) is 34.5 Å². The van der Waals surface area contributed by atoms with Crippen LogP contribution < -0.4 is 10.6 Å². The van der Waals surface area contributed by atoms with Crippen molar-refractivity contribution >= 4 is 33.1 Å². The molecule has 2 aromatic heterocycles. The van der Waals surface area contributed by atoms with Gasteiger partial charge in [-0.25, -0.2) is 4.98 Å². The van der Waals surface area contributed by atoms with E-state index in [1.165, 1.54) is 4.88 Å². The largest absolute Gasteiger partial charge is 0.355 e. The maximum absolute atomic E-state index is 5.55. The highest BCUT2D eigenvalue weighted by Gasteiger charge is 2.05. The smallest absolute Gasteiger partial charge is 0.128 e. The minimum absolute atomic E-state index is 0.537. The summed E-state index contributed by atoms with van der Waals surface area (Å²) in [6, 6.07) is 6.16. The molecule has 0 amide bonds. The molecule has 0 unspecified atom stereocenters. The molecule has 0 bridgehead atoms. The van der Waals surface area contributed by atoms with E-state index in [0.29, 0.717) is 6.54 Å². The maximum atomic E-state index is 5.55. The number of aromatic nitrogens is 1. The van der Waals surface area contributed by atoms with Crippen LogP contribution in [0.15, 0.2) is 34.2 Å². The van der Waals surface area contributed by atoms with E-state index in [2.05, 4.69) is 37.3 Å². The van der Waals surface area contributed by atoms with E-state index in [1.807, 2.05) is 25.4 Å². The van der Waals surface area contributed by atoms with E-state index in [1.54, 1.807) is 11.3 Å². The van der Waals surface area contributed by atoms with Crippen molar-refractivity contribution in [2.24, 2.45) is 5.73 Å². The lowest BCUT2D eigenvalue weighted by atomic mass is 10.3. The van der Waals surface area contributed by atoms with E-state index in [-0.39, 0.29) is 0 Å². The van der Waals surface area contributed by atoms with E-state index < -0.39 is 0 Å². The van der Waals surface area contributed by atoms with E-state index in [9.17, 15) is 0 Å². The summed E-state index contributed by atoms with van der Waals surface area (Å²) in [6.45, 7) is 1.40. The van der Waals surface area contributed by atoms with E-state index in [4.69, 9.17) is 5.73 Å². The van der Waals surface area contributed by atoms with Crippen LogP contribution in [0.5, 0.6) is 0 Å². The first kappa shape index (κ1) is 12.5. The van der Waals surface area contributed by atoms with Crippen LogP contribution in [0.1, 0.15) is 10.4 Å². The minimum atomic E-state index is 0.537. The highest BCUT2D eigenvalue weighted by atomic mass is 79.9. The quantitative estimate of drug-likeness (QED) is 0.944. The minimum Gasteiger partial charge on any atom is -0.355 e. The van der Waals surface area contributed by atoms with Gasteiger partial charge >= 0.3 is 0 Å². The summed E-state index contributed by atoms with van der Waals surface area (Å²) in [5.41, 5.74) is 6.60. The second-order valence-electron chi connectivity index (χ2n) is 3.82. The Kier molecular flexibility index (Phi) is 4.15. The number of nitrogens with zero attached hydrogens (tertiary/aromatic N) is 2. The molecule has 0 aromatic carbocycles. The van der Waals surface area contributed by atoms with Crippen molar-refractivity contribution in [2.75, 3.05) is 11.9 Å². The summed E-state index contributed by atoms with van der Waals surface area (Å²) in [7, 11) is 2.04. The fraction of sp³-hybridized carbons (Fsp3) is 0.250. The maximum Gasteiger partial charge on any atom is 0.128 e. The fourth-order valence-electron chi connectivity index (χ4n) is 1.51. The van der Waals surface area contributed by atoms with Gasteiger partial charge in [0.15, 0.2) is 0 Å². The first-order valence-corrected chi connectivity index (χ1v) is 6.95. The van der Waals surface area contributed by atoms with Crippen LogP contribution >= 0.6 is 27.3 Å². The van der Waals surface area contributed by atoms with Gasteiger partial charge in [-0.05, 0) is 33.6 Å². The normalized spacial score (nSPS) is 10.5. The Balaban J connectivity index is 2.06. The molecule has 5 heteroatoms. The van der Waals surface area contributed by atoms with Gasteiger partial charge < -0.3 is 10.6 Å². The van der Waals surface area contributed by atoms with Gasteiger partial charge in [-0.15, -0.1) is 11.3 Å². The molecule has 0 aliphatic heterocycles. The summed E-state index contributed by atoms with van der Waals surface area (Å²) >= 11 is 5.20. The number of halogens is 1. The third kappa shape index (κ3) is 3.28. The predicted octanol–water partition coefficient (Wildman–Crippen LogP) is 3.00. The van der Waals surface area contributed by atoms with Crippen molar-refractivity contribution in [3.8, 4) is 0 Å². The number of hydrogen-bond donors (Lipinski definition) is 1. The molecule has 2 rings (SSSR count). The van der Waals surface area contributed by atoms with Crippen LogP contribution in [0.3, 0.4) is 0 Å². The molecule has 0 fully saturated rings. The molecular weight excluding hydrogens is 298 g/mol. The monoisotopic (exact) mass is 311 g/mol. The zero-order chi connectivity index (χ0) is 12.3. The van der Waals surface area contributed by atoms with Gasteiger partial charge in [0.2, 0.25) is 0 Å². The zero-order valence-electron chi connectivity index (χ0n) is 9.56. The van der Waals surface area contributed by atoms with Crippen LogP contribution in [0.4, 0.5) is 5.82 Å². The SMILES string of the molecule is CN(Cc1cc(Br)cs1)c1ccc(CN)cn1. The average Bonchev–Trinajstić information content (AvgIpc) is 2.75. The molecule has 0 saturated heterocycles. The third-order valence-corrected chi connectivity index (χ3v) is 4.13. The van der Waals surface area contributed by atoms with Gasteiger partial charge in [-0.2, -0.15) is 0 Å². The van der Waals surface area contributed by atoms with Crippen molar-refractivity contribution in [3.63, 3.8) is 0 Å². The highest BCUT2D eigenvalue weighted by molar-refractivity contribution is 9.10. The molecule has 0 aliphatic rings. The Bertz CT molecular complexity index is 481. The second-order valence-corrected chi connectivity index (χ2v) is 5.73. The molecule has 2 aromatic rings. The molecular formula is C12H14BrN3S. The molecule has 0 saturated carbocycles. The lowest BCUT2D eigenvalue weighted by molar-refractivity contribution is 0.906. The number of nitrogens with two attached hydrogens (primary N) is 1. The average molecular weight is 312 g/mol. The Morgan fingerprint density at radius 1 is 1.47 bits per heavy atom. The number of pyridine rings is 1. The standard InChI is InChI=1S/C12H14BrN3S/c1-16(7-11-4-10(13)8-17-11)12-3-2-9(5-14)6-15-12/h2-4,6,8H,5,7,14H2,1H3. The molecule has 0 spiro atoms. The first-order valence-electron chi connectivity index (χ1n) is 5.28. The number of rotatable bonds is 4. The van der Waals surface area contributed by atoms with E-state index in [0.717, 1.165) is 22.4 Å². The summed E-state index contributed by atoms with van der Waals surface area (Å²) in [5.74, 6) is 0.965. The van der Waals surface area contributed by atoms with Crippen LogP contribution in [0.25, 0.3) is 0 Å².